The van der Waals surface area contributed by atoms with Gasteiger partial charge in [0.1, 0.15) is 0 Å². The SMILES string of the molecule is CCC(CCO)NS(=O)(=O)N1CCCC1. The fraction of sp³-hybridized carbons (Fsp3) is 1.00. The van der Waals surface area contributed by atoms with Gasteiger partial charge in [-0.25, -0.2) is 0 Å². The Labute approximate surface area is 91.7 Å². The lowest BCUT2D eigenvalue weighted by atomic mass is 10.2. The van der Waals surface area contributed by atoms with E-state index in [0.717, 1.165) is 12.8 Å². The van der Waals surface area contributed by atoms with Crippen LogP contribution in [0.1, 0.15) is 32.6 Å². The van der Waals surface area contributed by atoms with Crippen LogP contribution in [0.4, 0.5) is 0 Å². The van der Waals surface area contributed by atoms with E-state index in [0.29, 0.717) is 25.9 Å². The first-order valence-electron chi connectivity index (χ1n) is 5.48. The average molecular weight is 236 g/mol. The first kappa shape index (κ1) is 12.9. The maximum atomic E-state index is 11.8. The van der Waals surface area contributed by atoms with Gasteiger partial charge >= 0.3 is 0 Å². The van der Waals surface area contributed by atoms with Gasteiger partial charge in [0.15, 0.2) is 0 Å². The minimum atomic E-state index is -3.32. The zero-order valence-electron chi connectivity index (χ0n) is 9.15. The van der Waals surface area contributed by atoms with Crippen LogP contribution in [0.3, 0.4) is 0 Å². The Morgan fingerprint density at radius 2 is 2.00 bits per heavy atom. The summed E-state index contributed by atoms with van der Waals surface area (Å²) in [5, 5.41) is 8.78. The largest absolute Gasteiger partial charge is 0.396 e. The highest BCUT2D eigenvalue weighted by Crippen LogP contribution is 2.12. The summed E-state index contributed by atoms with van der Waals surface area (Å²) in [4.78, 5) is 0. The Morgan fingerprint density at radius 3 is 2.47 bits per heavy atom. The molecule has 1 unspecified atom stereocenters. The summed E-state index contributed by atoms with van der Waals surface area (Å²) in [6.07, 6.45) is 3.06. The van der Waals surface area contributed by atoms with E-state index in [9.17, 15) is 8.42 Å². The molecule has 5 nitrogen and oxygen atoms in total. The van der Waals surface area contributed by atoms with Crippen LogP contribution in [0.25, 0.3) is 0 Å². The standard InChI is InChI=1S/C9H20N2O3S/c1-2-9(5-8-12)10-15(13,14)11-6-3-4-7-11/h9-10,12H,2-8H2,1H3. The molecule has 0 aromatic heterocycles. The maximum Gasteiger partial charge on any atom is 0.279 e. The van der Waals surface area contributed by atoms with Gasteiger partial charge in [0.05, 0.1) is 0 Å². The monoisotopic (exact) mass is 236 g/mol. The zero-order valence-corrected chi connectivity index (χ0v) is 9.96. The minimum Gasteiger partial charge on any atom is -0.396 e. The maximum absolute atomic E-state index is 11.8. The van der Waals surface area contributed by atoms with Gasteiger partial charge in [-0.15, -0.1) is 0 Å². The number of hydrogen-bond donors (Lipinski definition) is 2. The molecule has 1 saturated heterocycles. The van der Waals surface area contributed by atoms with Crippen molar-refractivity contribution < 1.29 is 13.5 Å². The molecule has 0 radical (unpaired) electrons. The summed E-state index contributed by atoms with van der Waals surface area (Å²) in [5.74, 6) is 0. The molecule has 1 aliphatic heterocycles. The summed E-state index contributed by atoms with van der Waals surface area (Å²) in [6, 6.07) is -0.152. The van der Waals surface area contributed by atoms with Crippen molar-refractivity contribution in [1.82, 2.24) is 9.03 Å². The number of nitrogens with one attached hydrogen (secondary N) is 1. The van der Waals surface area contributed by atoms with Gasteiger partial charge in [0, 0.05) is 25.7 Å². The first-order chi connectivity index (χ1) is 7.10. The summed E-state index contributed by atoms with van der Waals surface area (Å²) >= 11 is 0. The molecule has 0 aliphatic carbocycles. The van der Waals surface area contributed by atoms with Crippen molar-refractivity contribution in [1.29, 1.82) is 0 Å². The van der Waals surface area contributed by atoms with Crippen LogP contribution < -0.4 is 4.72 Å². The van der Waals surface area contributed by atoms with Gasteiger partial charge < -0.3 is 5.11 Å². The van der Waals surface area contributed by atoms with Gasteiger partial charge in [-0.3, -0.25) is 0 Å². The van der Waals surface area contributed by atoms with Crippen LogP contribution >= 0.6 is 0 Å². The van der Waals surface area contributed by atoms with E-state index in [-0.39, 0.29) is 12.6 Å². The molecule has 0 amide bonds. The zero-order chi connectivity index (χ0) is 11.3. The molecule has 0 spiro atoms. The van der Waals surface area contributed by atoms with Crippen molar-refractivity contribution in [2.75, 3.05) is 19.7 Å². The normalized spacial score (nSPS) is 20.7. The molecule has 1 fully saturated rings. The molecule has 0 saturated carbocycles. The molecule has 1 atom stereocenters. The molecule has 2 N–H and O–H groups in total. The Hall–Kier alpha value is -0.170. The molecule has 1 aliphatic rings. The lowest BCUT2D eigenvalue weighted by Gasteiger charge is -2.21. The topological polar surface area (TPSA) is 69.6 Å². The highest BCUT2D eigenvalue weighted by atomic mass is 32.2. The summed E-state index contributed by atoms with van der Waals surface area (Å²) in [7, 11) is -3.32. The van der Waals surface area contributed by atoms with E-state index in [1.54, 1.807) is 0 Å². The first-order valence-corrected chi connectivity index (χ1v) is 6.92. The number of nitrogens with zero attached hydrogens (tertiary/aromatic N) is 1. The molecule has 1 heterocycles. The Kier molecular flexibility index (Phi) is 4.98. The second kappa shape index (κ2) is 5.79. The van der Waals surface area contributed by atoms with Crippen molar-refractivity contribution in [2.24, 2.45) is 0 Å². The highest BCUT2D eigenvalue weighted by molar-refractivity contribution is 7.87. The van der Waals surface area contributed by atoms with Crippen LogP contribution in [0, 0.1) is 0 Å². The lowest BCUT2D eigenvalue weighted by Crippen LogP contribution is -2.44. The third-order valence-electron chi connectivity index (χ3n) is 2.69. The Bertz CT molecular complexity index is 273. The van der Waals surface area contributed by atoms with Crippen LogP contribution in [-0.2, 0) is 10.2 Å². The second-order valence-electron chi connectivity index (χ2n) is 3.85. The van der Waals surface area contributed by atoms with Crippen LogP contribution in [-0.4, -0.2) is 43.6 Å². The lowest BCUT2D eigenvalue weighted by molar-refractivity contribution is 0.269. The van der Waals surface area contributed by atoms with Crippen molar-refractivity contribution in [3.05, 3.63) is 0 Å². The van der Waals surface area contributed by atoms with E-state index in [4.69, 9.17) is 5.11 Å². The van der Waals surface area contributed by atoms with E-state index < -0.39 is 10.2 Å². The van der Waals surface area contributed by atoms with Gasteiger partial charge in [0.2, 0.25) is 0 Å². The average Bonchev–Trinajstić information content (AvgIpc) is 2.70. The Balaban J connectivity index is 2.53. The van der Waals surface area contributed by atoms with Crippen molar-refractivity contribution in [3.63, 3.8) is 0 Å². The third kappa shape index (κ3) is 3.71. The minimum absolute atomic E-state index is 0.0149. The highest BCUT2D eigenvalue weighted by Gasteiger charge is 2.26. The van der Waals surface area contributed by atoms with Crippen molar-refractivity contribution >= 4 is 10.2 Å². The van der Waals surface area contributed by atoms with Gasteiger partial charge in [-0.05, 0) is 25.7 Å². The molecular weight excluding hydrogens is 216 g/mol. The molecule has 1 rings (SSSR count). The summed E-state index contributed by atoms with van der Waals surface area (Å²) < 4.78 is 27.7. The van der Waals surface area contributed by atoms with Crippen LogP contribution in [0.15, 0.2) is 0 Å². The molecule has 15 heavy (non-hydrogen) atoms. The van der Waals surface area contributed by atoms with E-state index in [1.165, 1.54) is 4.31 Å². The molecule has 0 aromatic rings. The Morgan fingerprint density at radius 1 is 1.40 bits per heavy atom. The second-order valence-corrected chi connectivity index (χ2v) is 5.55. The summed E-state index contributed by atoms with van der Waals surface area (Å²) in [5.41, 5.74) is 0. The van der Waals surface area contributed by atoms with Gasteiger partial charge in [-0.1, -0.05) is 6.92 Å². The molecule has 0 bridgehead atoms. The third-order valence-corrected chi connectivity index (χ3v) is 4.37. The van der Waals surface area contributed by atoms with E-state index in [2.05, 4.69) is 4.72 Å². The molecular formula is C9H20N2O3S. The fourth-order valence-electron chi connectivity index (χ4n) is 1.72. The van der Waals surface area contributed by atoms with Gasteiger partial charge in [-0.2, -0.15) is 17.4 Å². The predicted molar refractivity (Wildman–Crippen MR) is 58.6 cm³/mol. The number of rotatable bonds is 6. The van der Waals surface area contributed by atoms with Crippen molar-refractivity contribution in [2.45, 2.75) is 38.6 Å². The van der Waals surface area contributed by atoms with Crippen LogP contribution in [0.2, 0.25) is 0 Å². The van der Waals surface area contributed by atoms with Crippen LogP contribution in [0.5, 0.6) is 0 Å². The number of aliphatic hydroxyl groups excluding tert-OH is 1. The molecule has 90 valence electrons. The van der Waals surface area contributed by atoms with Gasteiger partial charge in [0.25, 0.3) is 10.2 Å². The van der Waals surface area contributed by atoms with E-state index >= 15 is 0 Å². The van der Waals surface area contributed by atoms with E-state index in [1.807, 2.05) is 6.92 Å². The smallest absolute Gasteiger partial charge is 0.279 e. The number of aliphatic hydroxyl groups is 1. The molecule has 6 heteroatoms. The fourth-order valence-corrected chi connectivity index (χ4v) is 3.31. The quantitative estimate of drug-likeness (QED) is 0.686. The predicted octanol–water partition coefficient (Wildman–Crippen LogP) is 0.0776. The van der Waals surface area contributed by atoms with Crippen molar-refractivity contribution in [3.8, 4) is 0 Å². The number of hydrogen-bond acceptors (Lipinski definition) is 3. The molecule has 0 aromatic carbocycles. The summed E-state index contributed by atoms with van der Waals surface area (Å²) in [6.45, 7) is 3.16.